The number of carbonyl (C=O) groups excluding carboxylic acids is 1. The fraction of sp³-hybridized carbons (Fsp3) is 0.933. The molecule has 3 rings (SSSR count). The molecule has 7 heteroatoms. The van der Waals surface area contributed by atoms with Crippen LogP contribution in [0.4, 0.5) is 0 Å². The predicted octanol–water partition coefficient (Wildman–Crippen LogP) is 0.887. The van der Waals surface area contributed by atoms with Gasteiger partial charge in [0.1, 0.15) is 0 Å². The van der Waals surface area contributed by atoms with Gasteiger partial charge in [-0.25, -0.2) is 0 Å². The first-order chi connectivity index (χ1) is 9.72. The molecule has 0 aromatic carbocycles. The normalized spacial score (nSPS) is 32.4. The van der Waals surface area contributed by atoms with Crippen LogP contribution in [0.3, 0.4) is 0 Å². The minimum Gasteiger partial charge on any atom is -0.392 e. The smallest absolute Gasteiger partial charge is 0.239 e. The van der Waals surface area contributed by atoms with E-state index in [2.05, 4.69) is 10.2 Å². The van der Waals surface area contributed by atoms with Gasteiger partial charge in [0, 0.05) is 26.2 Å². The zero-order valence-corrected chi connectivity index (χ0v) is 14.7. The largest absolute Gasteiger partial charge is 0.392 e. The third kappa shape index (κ3) is 4.96. The van der Waals surface area contributed by atoms with Crippen LogP contribution in [-0.4, -0.2) is 72.2 Å². The van der Waals surface area contributed by atoms with Crippen LogP contribution in [0.2, 0.25) is 0 Å². The van der Waals surface area contributed by atoms with Gasteiger partial charge in [-0.15, -0.1) is 24.8 Å². The topological polar surface area (TPSA) is 55.8 Å². The number of aliphatic hydroxyl groups excluding tert-OH is 1. The highest BCUT2D eigenvalue weighted by molar-refractivity contribution is 5.85. The van der Waals surface area contributed by atoms with Crippen LogP contribution in [0.5, 0.6) is 0 Å². The van der Waals surface area contributed by atoms with Gasteiger partial charge in [0.05, 0.1) is 12.1 Å². The number of rotatable bonds is 3. The number of halogens is 2. The van der Waals surface area contributed by atoms with Gasteiger partial charge in [0.15, 0.2) is 0 Å². The van der Waals surface area contributed by atoms with E-state index in [1.54, 1.807) is 0 Å². The van der Waals surface area contributed by atoms with E-state index in [1.165, 1.54) is 32.4 Å². The Morgan fingerprint density at radius 2 is 1.86 bits per heavy atom. The fourth-order valence-corrected chi connectivity index (χ4v) is 3.81. The molecule has 130 valence electrons. The van der Waals surface area contributed by atoms with Gasteiger partial charge in [0.2, 0.25) is 5.91 Å². The monoisotopic (exact) mass is 353 g/mol. The minimum absolute atomic E-state index is 0. The average molecular weight is 354 g/mol. The molecule has 3 atom stereocenters. The van der Waals surface area contributed by atoms with Crippen molar-refractivity contribution in [2.24, 2.45) is 5.92 Å². The number of hydrogen-bond donors (Lipinski definition) is 2. The van der Waals surface area contributed by atoms with Crippen molar-refractivity contribution in [3.05, 3.63) is 0 Å². The Balaban J connectivity index is 0.00000121. The maximum absolute atomic E-state index is 12.4. The molecule has 0 aliphatic carbocycles. The minimum atomic E-state index is -0.351. The highest BCUT2D eigenvalue weighted by atomic mass is 35.5. The zero-order chi connectivity index (χ0) is 13.9. The fourth-order valence-electron chi connectivity index (χ4n) is 3.81. The molecule has 3 aliphatic rings. The molecule has 3 saturated heterocycles. The van der Waals surface area contributed by atoms with E-state index in [0.29, 0.717) is 18.9 Å². The van der Waals surface area contributed by atoms with Crippen molar-refractivity contribution in [1.29, 1.82) is 0 Å². The summed E-state index contributed by atoms with van der Waals surface area (Å²) >= 11 is 0. The standard InChI is InChI=1S/C15H27N3O2.2ClH/c19-13-8-14(16-9-13)15(20)18-7-4-12(11-18)10-17-5-2-1-3-6-17;;/h12-14,16,19H,1-11H2;2*1H. The molecule has 3 fully saturated rings. The number of hydrogen-bond acceptors (Lipinski definition) is 4. The van der Waals surface area contributed by atoms with E-state index in [1.807, 2.05) is 4.90 Å². The van der Waals surface area contributed by atoms with Gasteiger partial charge >= 0.3 is 0 Å². The van der Waals surface area contributed by atoms with Gasteiger partial charge in [0.25, 0.3) is 0 Å². The number of amides is 1. The van der Waals surface area contributed by atoms with Crippen LogP contribution in [-0.2, 0) is 4.79 Å². The molecular formula is C15H29Cl2N3O2. The lowest BCUT2D eigenvalue weighted by Gasteiger charge is -2.29. The number of β-amino-alcohol motifs (C(OH)–C–C–N with tert-alkyl or cyclic N) is 1. The predicted molar refractivity (Wildman–Crippen MR) is 91.9 cm³/mol. The third-order valence-electron chi connectivity index (χ3n) is 4.97. The van der Waals surface area contributed by atoms with Gasteiger partial charge in [-0.3, -0.25) is 4.79 Å². The van der Waals surface area contributed by atoms with Crippen molar-refractivity contribution >= 4 is 30.7 Å². The zero-order valence-electron chi connectivity index (χ0n) is 13.1. The van der Waals surface area contributed by atoms with E-state index >= 15 is 0 Å². The van der Waals surface area contributed by atoms with Crippen molar-refractivity contribution in [3.63, 3.8) is 0 Å². The van der Waals surface area contributed by atoms with E-state index in [0.717, 1.165) is 26.1 Å². The molecule has 0 bridgehead atoms. The summed E-state index contributed by atoms with van der Waals surface area (Å²) in [7, 11) is 0. The van der Waals surface area contributed by atoms with Crippen LogP contribution < -0.4 is 5.32 Å². The highest BCUT2D eigenvalue weighted by Gasteiger charge is 2.35. The molecule has 5 nitrogen and oxygen atoms in total. The summed E-state index contributed by atoms with van der Waals surface area (Å²) in [6.07, 6.45) is 5.40. The van der Waals surface area contributed by atoms with Crippen molar-refractivity contribution in [3.8, 4) is 0 Å². The van der Waals surface area contributed by atoms with Crippen molar-refractivity contribution in [1.82, 2.24) is 15.1 Å². The van der Waals surface area contributed by atoms with Crippen molar-refractivity contribution in [2.75, 3.05) is 39.3 Å². The van der Waals surface area contributed by atoms with Crippen LogP contribution in [0.25, 0.3) is 0 Å². The Morgan fingerprint density at radius 1 is 1.14 bits per heavy atom. The lowest BCUT2D eigenvalue weighted by Crippen LogP contribution is -2.43. The highest BCUT2D eigenvalue weighted by Crippen LogP contribution is 2.21. The van der Waals surface area contributed by atoms with Gasteiger partial charge in [-0.05, 0) is 44.7 Å². The van der Waals surface area contributed by atoms with Crippen molar-refractivity contribution in [2.45, 2.75) is 44.2 Å². The number of carbonyl (C=O) groups is 1. The number of nitrogens with one attached hydrogen (secondary N) is 1. The Kier molecular flexibility index (Phi) is 8.43. The Morgan fingerprint density at radius 3 is 2.50 bits per heavy atom. The summed E-state index contributed by atoms with van der Waals surface area (Å²) in [5.41, 5.74) is 0. The number of aliphatic hydroxyl groups is 1. The number of nitrogens with zero attached hydrogens (tertiary/aromatic N) is 2. The lowest BCUT2D eigenvalue weighted by molar-refractivity contribution is -0.132. The van der Waals surface area contributed by atoms with Gasteiger partial charge in [-0.2, -0.15) is 0 Å². The second-order valence-corrected chi connectivity index (χ2v) is 6.65. The molecular weight excluding hydrogens is 325 g/mol. The summed E-state index contributed by atoms with van der Waals surface area (Å²) in [4.78, 5) is 16.9. The Hall–Kier alpha value is -0.0700. The number of piperidine rings is 1. The molecule has 0 aromatic rings. The quantitative estimate of drug-likeness (QED) is 0.790. The van der Waals surface area contributed by atoms with E-state index in [-0.39, 0.29) is 42.9 Å². The molecule has 3 unspecified atom stereocenters. The molecule has 0 saturated carbocycles. The summed E-state index contributed by atoms with van der Waals surface area (Å²) in [5.74, 6) is 0.839. The summed E-state index contributed by atoms with van der Waals surface area (Å²) in [6.45, 7) is 5.99. The Bertz CT molecular complexity index is 354. The molecule has 0 radical (unpaired) electrons. The summed E-state index contributed by atoms with van der Waals surface area (Å²) in [5, 5.41) is 12.6. The van der Waals surface area contributed by atoms with Crippen LogP contribution in [0, 0.1) is 5.92 Å². The second-order valence-electron chi connectivity index (χ2n) is 6.65. The molecule has 22 heavy (non-hydrogen) atoms. The molecule has 2 N–H and O–H groups in total. The second kappa shape index (κ2) is 9.28. The van der Waals surface area contributed by atoms with Crippen molar-refractivity contribution < 1.29 is 9.90 Å². The molecule has 3 aliphatic heterocycles. The third-order valence-corrected chi connectivity index (χ3v) is 4.97. The maximum Gasteiger partial charge on any atom is 0.239 e. The molecule has 0 aromatic heterocycles. The van der Waals surface area contributed by atoms with E-state index in [9.17, 15) is 9.90 Å². The summed E-state index contributed by atoms with van der Waals surface area (Å²) in [6, 6.07) is -0.154. The van der Waals surface area contributed by atoms with E-state index in [4.69, 9.17) is 0 Å². The molecule has 3 heterocycles. The van der Waals surface area contributed by atoms with Crippen LogP contribution in [0.1, 0.15) is 32.1 Å². The lowest BCUT2D eigenvalue weighted by atomic mass is 10.1. The first-order valence-corrected chi connectivity index (χ1v) is 8.15. The van der Waals surface area contributed by atoms with Crippen LogP contribution in [0.15, 0.2) is 0 Å². The van der Waals surface area contributed by atoms with E-state index < -0.39 is 0 Å². The van der Waals surface area contributed by atoms with Crippen LogP contribution >= 0.6 is 24.8 Å². The maximum atomic E-state index is 12.4. The first-order valence-electron chi connectivity index (χ1n) is 8.15. The Labute approximate surface area is 145 Å². The molecule has 0 spiro atoms. The SMILES string of the molecule is Cl.Cl.O=C(C1CC(O)CN1)N1CCC(CN2CCCCC2)C1. The average Bonchev–Trinajstić information content (AvgIpc) is 3.08. The van der Waals surface area contributed by atoms with Gasteiger partial charge < -0.3 is 20.2 Å². The number of likely N-dealkylation sites (tertiary alicyclic amines) is 2. The van der Waals surface area contributed by atoms with Gasteiger partial charge in [-0.1, -0.05) is 6.42 Å². The molecule has 1 amide bonds. The first kappa shape index (κ1) is 20.0. The summed E-state index contributed by atoms with van der Waals surface area (Å²) < 4.78 is 0.